The maximum atomic E-state index is 12.9. The lowest BCUT2D eigenvalue weighted by atomic mass is 9.96. The number of carbonyl (C=O) groups is 2. The van der Waals surface area contributed by atoms with E-state index in [4.69, 9.17) is 0 Å². The number of amides is 2. The van der Waals surface area contributed by atoms with E-state index >= 15 is 0 Å². The van der Waals surface area contributed by atoms with Crippen LogP contribution < -0.4 is 15.1 Å². The number of piperazine rings is 1. The van der Waals surface area contributed by atoms with Crippen LogP contribution in [-0.2, 0) is 16.0 Å². The van der Waals surface area contributed by atoms with Gasteiger partial charge in [-0.3, -0.25) is 9.59 Å². The Bertz CT molecular complexity index is 705. The standard InChI is InChI=1S/C22H34N4O2/c1-17-9-10-18-7-5-6-8-19(18)26(17)16-21(28)25-13-11-24(12-14-25)15-20(27)23-22(2,3)4/h5-8,17H,9-16H2,1-4H3,(H,23,27)/p+1/t17-/m1/s1. The SMILES string of the molecule is C[C@@H]1CCc2ccccc2N1CC(=O)N1CC[NH+](CC(=O)NC(C)(C)C)CC1. The maximum Gasteiger partial charge on any atom is 0.275 e. The minimum absolute atomic E-state index is 0.0843. The molecule has 28 heavy (non-hydrogen) atoms. The van der Waals surface area contributed by atoms with E-state index in [-0.39, 0.29) is 17.4 Å². The molecule has 0 bridgehead atoms. The lowest BCUT2D eigenvalue weighted by molar-refractivity contribution is -0.896. The molecule has 1 saturated heterocycles. The molecular formula is C22H35N4O2+. The van der Waals surface area contributed by atoms with Gasteiger partial charge in [0.25, 0.3) is 5.91 Å². The van der Waals surface area contributed by atoms with Gasteiger partial charge in [-0.1, -0.05) is 18.2 Å². The number of para-hydroxylation sites is 1. The van der Waals surface area contributed by atoms with E-state index in [9.17, 15) is 9.59 Å². The molecule has 2 aliphatic heterocycles. The number of fused-ring (bicyclic) bond motifs is 1. The van der Waals surface area contributed by atoms with Gasteiger partial charge in [0.15, 0.2) is 6.54 Å². The van der Waals surface area contributed by atoms with Crippen LogP contribution in [0, 0.1) is 0 Å². The minimum Gasteiger partial charge on any atom is -0.359 e. The molecule has 1 aromatic rings. The lowest BCUT2D eigenvalue weighted by Crippen LogP contribution is -3.16. The molecule has 1 atom stereocenters. The van der Waals surface area contributed by atoms with E-state index in [2.05, 4.69) is 41.4 Å². The van der Waals surface area contributed by atoms with Crippen LogP contribution in [0.2, 0.25) is 0 Å². The number of benzene rings is 1. The van der Waals surface area contributed by atoms with E-state index in [1.807, 2.05) is 25.7 Å². The zero-order valence-electron chi connectivity index (χ0n) is 17.8. The summed E-state index contributed by atoms with van der Waals surface area (Å²) in [5, 5.41) is 3.02. The summed E-state index contributed by atoms with van der Waals surface area (Å²) in [6.07, 6.45) is 2.17. The molecule has 0 aliphatic carbocycles. The number of anilines is 1. The minimum atomic E-state index is -0.199. The smallest absolute Gasteiger partial charge is 0.275 e. The van der Waals surface area contributed by atoms with Crippen LogP contribution in [-0.4, -0.2) is 67.6 Å². The van der Waals surface area contributed by atoms with Crippen molar-refractivity contribution in [3.8, 4) is 0 Å². The van der Waals surface area contributed by atoms with Gasteiger partial charge in [-0.2, -0.15) is 0 Å². The summed E-state index contributed by atoms with van der Waals surface area (Å²) >= 11 is 0. The Labute approximate surface area is 168 Å². The third-order valence-corrected chi connectivity index (χ3v) is 5.72. The van der Waals surface area contributed by atoms with Crippen LogP contribution >= 0.6 is 0 Å². The summed E-state index contributed by atoms with van der Waals surface area (Å²) in [5.74, 6) is 0.280. The van der Waals surface area contributed by atoms with Crippen molar-refractivity contribution in [1.82, 2.24) is 10.2 Å². The third-order valence-electron chi connectivity index (χ3n) is 5.72. The van der Waals surface area contributed by atoms with Gasteiger partial charge in [0.2, 0.25) is 5.91 Å². The summed E-state index contributed by atoms with van der Waals surface area (Å²) in [6.45, 7) is 12.2. The van der Waals surface area contributed by atoms with Crippen molar-refractivity contribution < 1.29 is 14.5 Å². The van der Waals surface area contributed by atoms with Crippen molar-refractivity contribution in [3.05, 3.63) is 29.8 Å². The van der Waals surface area contributed by atoms with Crippen LogP contribution in [0.1, 0.15) is 39.7 Å². The molecule has 3 rings (SSSR count). The molecular weight excluding hydrogens is 352 g/mol. The van der Waals surface area contributed by atoms with Crippen molar-refractivity contribution in [2.75, 3.05) is 44.2 Å². The predicted molar refractivity (Wildman–Crippen MR) is 112 cm³/mol. The quantitative estimate of drug-likeness (QED) is 0.790. The fraction of sp³-hybridized carbons (Fsp3) is 0.636. The number of nitrogens with one attached hydrogen (secondary N) is 2. The largest absolute Gasteiger partial charge is 0.359 e. The van der Waals surface area contributed by atoms with E-state index in [0.717, 1.165) is 39.0 Å². The van der Waals surface area contributed by atoms with Gasteiger partial charge >= 0.3 is 0 Å². The predicted octanol–water partition coefficient (Wildman–Crippen LogP) is 0.470. The molecule has 2 heterocycles. The number of hydrogen-bond acceptors (Lipinski definition) is 3. The summed E-state index contributed by atoms with van der Waals surface area (Å²) in [5.41, 5.74) is 2.35. The monoisotopic (exact) mass is 387 g/mol. The normalized spacial score (nSPS) is 20.6. The Morgan fingerprint density at radius 2 is 1.86 bits per heavy atom. The van der Waals surface area contributed by atoms with Crippen LogP contribution in [0.25, 0.3) is 0 Å². The molecule has 0 unspecified atom stereocenters. The van der Waals surface area contributed by atoms with Gasteiger partial charge in [0.1, 0.15) is 0 Å². The molecule has 0 spiro atoms. The highest BCUT2D eigenvalue weighted by atomic mass is 16.2. The first kappa shape index (κ1) is 20.6. The second-order valence-electron chi connectivity index (χ2n) is 9.25. The highest BCUT2D eigenvalue weighted by molar-refractivity contribution is 5.82. The van der Waals surface area contributed by atoms with Crippen molar-refractivity contribution in [2.24, 2.45) is 0 Å². The lowest BCUT2D eigenvalue weighted by Gasteiger charge is -2.39. The molecule has 6 nitrogen and oxygen atoms in total. The molecule has 154 valence electrons. The van der Waals surface area contributed by atoms with Gasteiger partial charge in [-0.25, -0.2) is 0 Å². The van der Waals surface area contributed by atoms with E-state index in [1.165, 1.54) is 16.2 Å². The first-order valence-electron chi connectivity index (χ1n) is 10.5. The van der Waals surface area contributed by atoms with Crippen LogP contribution in [0.5, 0.6) is 0 Å². The number of rotatable bonds is 4. The Morgan fingerprint density at radius 1 is 1.18 bits per heavy atom. The topological polar surface area (TPSA) is 57.1 Å². The molecule has 2 amide bonds. The van der Waals surface area contributed by atoms with Crippen molar-refractivity contribution in [1.29, 1.82) is 0 Å². The van der Waals surface area contributed by atoms with Crippen LogP contribution in [0.3, 0.4) is 0 Å². The Hall–Kier alpha value is -2.08. The Morgan fingerprint density at radius 3 is 2.54 bits per heavy atom. The van der Waals surface area contributed by atoms with Crippen molar-refractivity contribution in [2.45, 2.75) is 52.1 Å². The van der Waals surface area contributed by atoms with E-state index in [0.29, 0.717) is 19.1 Å². The number of hydrogen-bond donors (Lipinski definition) is 2. The number of carbonyl (C=O) groups excluding carboxylic acids is 2. The van der Waals surface area contributed by atoms with Crippen molar-refractivity contribution in [3.63, 3.8) is 0 Å². The Kier molecular flexibility index (Phi) is 6.28. The van der Waals surface area contributed by atoms with Gasteiger partial charge in [-0.15, -0.1) is 0 Å². The summed E-state index contributed by atoms with van der Waals surface area (Å²) in [7, 11) is 0. The second-order valence-corrected chi connectivity index (χ2v) is 9.25. The fourth-order valence-electron chi connectivity index (χ4n) is 4.19. The average molecular weight is 388 g/mol. The van der Waals surface area contributed by atoms with Gasteiger partial charge in [0.05, 0.1) is 32.7 Å². The molecule has 1 fully saturated rings. The number of nitrogens with zero attached hydrogens (tertiary/aromatic N) is 2. The average Bonchev–Trinajstić information content (AvgIpc) is 2.63. The highest BCUT2D eigenvalue weighted by Gasteiger charge is 2.30. The zero-order chi connectivity index (χ0) is 20.3. The fourth-order valence-corrected chi connectivity index (χ4v) is 4.19. The molecule has 2 aliphatic rings. The molecule has 2 N–H and O–H groups in total. The maximum absolute atomic E-state index is 12.9. The van der Waals surface area contributed by atoms with Gasteiger partial charge in [0, 0.05) is 17.3 Å². The first-order valence-corrected chi connectivity index (χ1v) is 10.5. The number of aryl methyl sites for hydroxylation is 1. The second kappa shape index (κ2) is 8.52. The first-order chi connectivity index (χ1) is 13.2. The molecule has 0 saturated carbocycles. The molecule has 0 radical (unpaired) electrons. The van der Waals surface area contributed by atoms with E-state index in [1.54, 1.807) is 0 Å². The summed E-state index contributed by atoms with van der Waals surface area (Å²) in [4.78, 5) is 30.6. The van der Waals surface area contributed by atoms with Crippen LogP contribution in [0.4, 0.5) is 5.69 Å². The van der Waals surface area contributed by atoms with Crippen molar-refractivity contribution >= 4 is 17.5 Å². The highest BCUT2D eigenvalue weighted by Crippen LogP contribution is 2.30. The number of quaternary nitrogens is 1. The Balaban J connectivity index is 1.51. The van der Waals surface area contributed by atoms with Gasteiger partial charge in [-0.05, 0) is 52.2 Å². The molecule has 1 aromatic carbocycles. The molecule has 6 heteroatoms. The molecule has 0 aromatic heterocycles. The third kappa shape index (κ3) is 5.25. The van der Waals surface area contributed by atoms with Crippen LogP contribution in [0.15, 0.2) is 24.3 Å². The zero-order valence-corrected chi connectivity index (χ0v) is 17.8. The van der Waals surface area contributed by atoms with E-state index < -0.39 is 0 Å². The van der Waals surface area contributed by atoms with Gasteiger partial charge < -0.3 is 20.0 Å². The summed E-state index contributed by atoms with van der Waals surface area (Å²) < 4.78 is 0. The summed E-state index contributed by atoms with van der Waals surface area (Å²) in [6, 6.07) is 8.82.